The molecule has 6 nitrogen and oxygen atoms in total. The van der Waals surface area contributed by atoms with Gasteiger partial charge in [-0.25, -0.2) is 9.37 Å². The number of benzene rings is 2. The van der Waals surface area contributed by atoms with E-state index < -0.39 is 5.92 Å². The van der Waals surface area contributed by atoms with Crippen LogP contribution >= 0.6 is 11.3 Å². The standard InChI is InChI=1S/C25H29FN4O2S/c1-16-6-7-17(2)23-22(16)27-25(33-23)29(13-5-12-28(3)4)24(32)18-14-21(31)30(15-18)20-10-8-19(26)9-11-20/h6-11,18H,5,12-15H2,1-4H3. The van der Waals surface area contributed by atoms with Crippen molar-refractivity contribution in [2.75, 3.05) is 43.5 Å². The van der Waals surface area contributed by atoms with Crippen LogP contribution in [0.1, 0.15) is 24.0 Å². The summed E-state index contributed by atoms with van der Waals surface area (Å²) in [6, 6.07) is 9.94. The molecule has 2 heterocycles. The van der Waals surface area contributed by atoms with Gasteiger partial charge in [-0.3, -0.25) is 14.5 Å². The summed E-state index contributed by atoms with van der Waals surface area (Å²) in [7, 11) is 4.01. The predicted molar refractivity (Wildman–Crippen MR) is 131 cm³/mol. The number of halogens is 1. The zero-order valence-corrected chi connectivity index (χ0v) is 20.3. The first-order valence-electron chi connectivity index (χ1n) is 11.1. The Morgan fingerprint density at radius 1 is 1.12 bits per heavy atom. The summed E-state index contributed by atoms with van der Waals surface area (Å²) in [5, 5.41) is 0.679. The minimum atomic E-state index is -0.462. The molecule has 0 radical (unpaired) electrons. The molecule has 1 aromatic heterocycles. The molecule has 1 atom stereocenters. The van der Waals surface area contributed by atoms with Crippen LogP contribution in [0.4, 0.5) is 15.2 Å². The quantitative estimate of drug-likeness (QED) is 0.516. The normalized spacial score (nSPS) is 16.2. The molecule has 1 aliphatic rings. The SMILES string of the molecule is Cc1ccc(C)c2sc(N(CCCN(C)C)C(=O)C3CC(=O)N(c4ccc(F)cc4)C3)nc12. The Bertz CT molecular complexity index is 1140. The van der Waals surface area contributed by atoms with E-state index >= 15 is 0 Å². The van der Waals surface area contributed by atoms with Gasteiger partial charge in [0.05, 0.1) is 16.1 Å². The second kappa shape index (κ2) is 9.57. The number of hydrogen-bond donors (Lipinski definition) is 0. The van der Waals surface area contributed by atoms with Crippen LogP contribution in [-0.4, -0.2) is 55.4 Å². The number of rotatable bonds is 7. The van der Waals surface area contributed by atoms with Crippen LogP contribution in [0.25, 0.3) is 10.2 Å². The average Bonchev–Trinajstić information content (AvgIpc) is 3.39. The Morgan fingerprint density at radius 3 is 2.48 bits per heavy atom. The number of thiazole rings is 1. The number of carbonyl (C=O) groups is 2. The van der Waals surface area contributed by atoms with Crippen molar-refractivity contribution in [1.29, 1.82) is 0 Å². The second-order valence-corrected chi connectivity index (χ2v) is 9.88. The highest BCUT2D eigenvalue weighted by Gasteiger charge is 2.38. The van der Waals surface area contributed by atoms with Crippen molar-refractivity contribution in [2.24, 2.45) is 5.92 Å². The Morgan fingerprint density at radius 2 is 1.82 bits per heavy atom. The van der Waals surface area contributed by atoms with Crippen LogP contribution < -0.4 is 9.80 Å². The largest absolute Gasteiger partial charge is 0.312 e. The van der Waals surface area contributed by atoms with Gasteiger partial charge in [0, 0.05) is 25.2 Å². The van der Waals surface area contributed by atoms with E-state index in [1.54, 1.807) is 21.9 Å². The Kier molecular flexibility index (Phi) is 6.76. The van der Waals surface area contributed by atoms with Crippen LogP contribution in [0.15, 0.2) is 36.4 Å². The number of anilines is 2. The molecule has 0 aliphatic carbocycles. The lowest BCUT2D eigenvalue weighted by Crippen LogP contribution is -2.39. The number of amides is 2. The van der Waals surface area contributed by atoms with Gasteiger partial charge in [0.15, 0.2) is 5.13 Å². The van der Waals surface area contributed by atoms with E-state index in [0.29, 0.717) is 17.4 Å². The minimum Gasteiger partial charge on any atom is -0.312 e. The monoisotopic (exact) mass is 468 g/mol. The number of nitrogens with zero attached hydrogens (tertiary/aromatic N) is 4. The Hall–Kier alpha value is -2.84. The van der Waals surface area contributed by atoms with Crippen molar-refractivity contribution < 1.29 is 14.0 Å². The predicted octanol–water partition coefficient (Wildman–Crippen LogP) is 4.39. The third-order valence-corrected chi connectivity index (χ3v) is 7.24. The molecule has 0 saturated carbocycles. The Labute approximate surface area is 197 Å². The van der Waals surface area contributed by atoms with Crippen molar-refractivity contribution in [3.63, 3.8) is 0 Å². The van der Waals surface area contributed by atoms with Crippen LogP contribution in [0.2, 0.25) is 0 Å². The second-order valence-electron chi connectivity index (χ2n) is 8.90. The third-order valence-electron chi connectivity index (χ3n) is 6.03. The number of carbonyl (C=O) groups excluding carboxylic acids is 2. The molecule has 1 fully saturated rings. The van der Waals surface area contributed by atoms with Gasteiger partial charge in [-0.15, -0.1) is 0 Å². The number of aromatic nitrogens is 1. The fourth-order valence-electron chi connectivity index (χ4n) is 4.17. The molecule has 2 amide bonds. The highest BCUT2D eigenvalue weighted by Crippen LogP contribution is 2.35. The molecule has 1 aliphatic heterocycles. The van der Waals surface area contributed by atoms with Gasteiger partial charge in [0.2, 0.25) is 11.8 Å². The van der Waals surface area contributed by atoms with Gasteiger partial charge < -0.3 is 9.80 Å². The summed E-state index contributed by atoms with van der Waals surface area (Å²) in [4.78, 5) is 36.7. The molecule has 1 unspecified atom stereocenters. The van der Waals surface area contributed by atoms with Gasteiger partial charge in [0.25, 0.3) is 0 Å². The van der Waals surface area contributed by atoms with E-state index in [9.17, 15) is 14.0 Å². The van der Waals surface area contributed by atoms with E-state index in [1.165, 1.54) is 23.5 Å². The first-order valence-corrected chi connectivity index (χ1v) is 11.9. The van der Waals surface area contributed by atoms with E-state index in [1.807, 2.05) is 21.0 Å². The van der Waals surface area contributed by atoms with Crippen molar-refractivity contribution in [2.45, 2.75) is 26.7 Å². The van der Waals surface area contributed by atoms with E-state index in [4.69, 9.17) is 4.98 Å². The van der Waals surface area contributed by atoms with Gasteiger partial charge in [-0.1, -0.05) is 23.5 Å². The highest BCUT2D eigenvalue weighted by molar-refractivity contribution is 7.22. The lowest BCUT2D eigenvalue weighted by Gasteiger charge is -2.24. The van der Waals surface area contributed by atoms with E-state index in [0.717, 1.165) is 34.3 Å². The molecular weight excluding hydrogens is 439 g/mol. The average molecular weight is 469 g/mol. The smallest absolute Gasteiger partial charge is 0.234 e. The molecule has 2 aromatic carbocycles. The topological polar surface area (TPSA) is 56.8 Å². The number of hydrogen-bond acceptors (Lipinski definition) is 5. The minimum absolute atomic E-state index is 0.0823. The zero-order chi connectivity index (χ0) is 23.7. The summed E-state index contributed by atoms with van der Waals surface area (Å²) >= 11 is 1.53. The Balaban J connectivity index is 1.61. The van der Waals surface area contributed by atoms with Gasteiger partial charge in [0.1, 0.15) is 5.82 Å². The first kappa shape index (κ1) is 23.3. The summed E-state index contributed by atoms with van der Waals surface area (Å²) < 4.78 is 14.4. The van der Waals surface area contributed by atoms with Gasteiger partial charge >= 0.3 is 0 Å². The molecule has 0 spiro atoms. The molecule has 8 heteroatoms. The number of aryl methyl sites for hydroxylation is 2. The lowest BCUT2D eigenvalue weighted by atomic mass is 10.1. The summed E-state index contributed by atoms with van der Waals surface area (Å²) in [5.41, 5.74) is 3.76. The van der Waals surface area contributed by atoms with Gasteiger partial charge in [-0.05, 0) is 76.3 Å². The maximum Gasteiger partial charge on any atom is 0.234 e. The van der Waals surface area contributed by atoms with Gasteiger partial charge in [-0.2, -0.15) is 0 Å². The van der Waals surface area contributed by atoms with Crippen LogP contribution in [0.5, 0.6) is 0 Å². The van der Waals surface area contributed by atoms with Crippen molar-refractivity contribution in [3.05, 3.63) is 53.3 Å². The molecule has 33 heavy (non-hydrogen) atoms. The molecule has 4 rings (SSSR count). The molecular formula is C25H29FN4O2S. The fourth-order valence-corrected chi connectivity index (χ4v) is 5.32. The zero-order valence-electron chi connectivity index (χ0n) is 19.5. The molecule has 1 saturated heterocycles. The van der Waals surface area contributed by atoms with Crippen molar-refractivity contribution in [1.82, 2.24) is 9.88 Å². The van der Waals surface area contributed by atoms with Crippen LogP contribution in [-0.2, 0) is 9.59 Å². The van der Waals surface area contributed by atoms with E-state index in [-0.39, 0.29) is 30.6 Å². The van der Waals surface area contributed by atoms with Crippen LogP contribution in [0, 0.1) is 25.6 Å². The fraction of sp³-hybridized carbons (Fsp3) is 0.400. The summed E-state index contributed by atoms with van der Waals surface area (Å²) in [6.45, 7) is 5.75. The summed E-state index contributed by atoms with van der Waals surface area (Å²) in [6.07, 6.45) is 0.943. The molecule has 3 aromatic rings. The maximum atomic E-state index is 13.7. The van der Waals surface area contributed by atoms with Crippen molar-refractivity contribution in [3.8, 4) is 0 Å². The van der Waals surface area contributed by atoms with E-state index in [2.05, 4.69) is 24.0 Å². The first-order chi connectivity index (χ1) is 15.7. The highest BCUT2D eigenvalue weighted by atomic mass is 32.1. The maximum absolute atomic E-state index is 13.7. The summed E-state index contributed by atoms with van der Waals surface area (Å²) in [5.74, 6) is -1.02. The number of fused-ring (bicyclic) bond motifs is 1. The molecule has 0 bridgehead atoms. The lowest BCUT2D eigenvalue weighted by molar-refractivity contribution is -0.124. The molecule has 0 N–H and O–H groups in total. The van der Waals surface area contributed by atoms with Crippen LogP contribution in [0.3, 0.4) is 0 Å². The van der Waals surface area contributed by atoms with Crippen molar-refractivity contribution >= 4 is 44.2 Å². The third kappa shape index (κ3) is 4.91. The molecule has 174 valence electrons.